The van der Waals surface area contributed by atoms with Gasteiger partial charge in [0.2, 0.25) is 0 Å². The number of nitrogens with zero attached hydrogens (tertiary/aromatic N) is 2. The van der Waals surface area contributed by atoms with E-state index in [0.717, 1.165) is 5.56 Å². The summed E-state index contributed by atoms with van der Waals surface area (Å²) in [6.45, 7) is 0.587. The van der Waals surface area contributed by atoms with Crippen LogP contribution in [0.25, 0.3) is 0 Å². The Balaban J connectivity index is 2.10. The molecule has 0 unspecified atom stereocenters. The molecule has 0 amide bonds. The molecule has 0 radical (unpaired) electrons. The van der Waals surface area contributed by atoms with Gasteiger partial charge in [0.1, 0.15) is 0 Å². The topological polar surface area (TPSA) is 64.4 Å². The van der Waals surface area contributed by atoms with E-state index in [1.165, 1.54) is 0 Å². The van der Waals surface area contributed by atoms with Gasteiger partial charge in [0.25, 0.3) is 0 Å². The molecule has 0 spiro atoms. The van der Waals surface area contributed by atoms with E-state index < -0.39 is 5.97 Å². The van der Waals surface area contributed by atoms with Gasteiger partial charge < -0.3 is 9.84 Å². The van der Waals surface area contributed by atoms with Gasteiger partial charge in [-0.05, 0) is 17.7 Å². The van der Waals surface area contributed by atoms with Gasteiger partial charge in [-0.25, -0.2) is 4.79 Å². The summed E-state index contributed by atoms with van der Waals surface area (Å²) in [4.78, 5) is 10.7. The van der Waals surface area contributed by atoms with E-state index in [1.807, 2.05) is 0 Å². The fourth-order valence-corrected chi connectivity index (χ4v) is 1.48. The number of carboxylic acid groups (broad SMARTS) is 1. The molecule has 1 heterocycles. The first-order valence-corrected chi connectivity index (χ1v) is 5.07. The molecule has 2 rings (SSSR count). The second kappa shape index (κ2) is 4.69. The van der Waals surface area contributed by atoms with Crippen LogP contribution in [0.2, 0.25) is 0 Å². The van der Waals surface area contributed by atoms with Gasteiger partial charge in [-0.3, -0.25) is 4.68 Å². The van der Waals surface area contributed by atoms with Crippen LogP contribution in [-0.4, -0.2) is 28.0 Å². The molecule has 0 aliphatic rings. The van der Waals surface area contributed by atoms with E-state index in [0.29, 0.717) is 12.3 Å². The van der Waals surface area contributed by atoms with Gasteiger partial charge in [0.05, 0.1) is 31.6 Å². The van der Waals surface area contributed by atoms with Crippen LogP contribution in [0.3, 0.4) is 0 Å². The molecular weight excluding hydrogens is 220 g/mol. The van der Waals surface area contributed by atoms with Crippen molar-refractivity contribution in [3.05, 3.63) is 47.8 Å². The lowest BCUT2D eigenvalue weighted by Gasteiger charge is -2.02. The molecule has 0 aliphatic carbocycles. The van der Waals surface area contributed by atoms with Crippen LogP contribution in [0.1, 0.15) is 15.9 Å². The van der Waals surface area contributed by atoms with E-state index in [9.17, 15) is 4.79 Å². The Morgan fingerprint density at radius 3 is 2.65 bits per heavy atom. The smallest absolute Gasteiger partial charge is 0.335 e. The maximum absolute atomic E-state index is 10.7. The average molecular weight is 232 g/mol. The largest absolute Gasteiger partial charge is 0.493 e. The van der Waals surface area contributed by atoms with E-state index in [2.05, 4.69) is 5.10 Å². The van der Waals surface area contributed by atoms with Crippen LogP contribution in [0.4, 0.5) is 0 Å². The Morgan fingerprint density at radius 1 is 1.41 bits per heavy atom. The number of benzene rings is 1. The van der Waals surface area contributed by atoms with Crippen LogP contribution in [0, 0.1) is 0 Å². The quantitative estimate of drug-likeness (QED) is 0.870. The lowest BCUT2D eigenvalue weighted by Crippen LogP contribution is -2.01. The van der Waals surface area contributed by atoms with Crippen molar-refractivity contribution in [1.29, 1.82) is 0 Å². The molecule has 0 saturated carbocycles. The van der Waals surface area contributed by atoms with E-state index in [1.54, 1.807) is 48.5 Å². The molecule has 0 atom stereocenters. The summed E-state index contributed by atoms with van der Waals surface area (Å²) in [6.07, 6.45) is 3.41. The highest BCUT2D eigenvalue weighted by atomic mass is 16.5. The first kappa shape index (κ1) is 11.2. The molecule has 1 aromatic carbocycles. The van der Waals surface area contributed by atoms with Gasteiger partial charge in [0, 0.05) is 0 Å². The first-order valence-electron chi connectivity index (χ1n) is 5.07. The summed E-state index contributed by atoms with van der Waals surface area (Å²) < 4.78 is 6.75. The Hall–Kier alpha value is -2.30. The Kier molecular flexibility index (Phi) is 3.09. The normalized spacial score (nSPS) is 10.2. The zero-order valence-electron chi connectivity index (χ0n) is 9.33. The van der Waals surface area contributed by atoms with Crippen molar-refractivity contribution < 1.29 is 14.6 Å². The third-order valence-corrected chi connectivity index (χ3v) is 2.39. The zero-order valence-corrected chi connectivity index (χ0v) is 9.33. The Bertz CT molecular complexity index is 517. The van der Waals surface area contributed by atoms with E-state index >= 15 is 0 Å². The average Bonchev–Trinajstić information content (AvgIpc) is 2.77. The third-order valence-electron chi connectivity index (χ3n) is 2.39. The molecule has 0 bridgehead atoms. The minimum Gasteiger partial charge on any atom is -0.493 e. The fraction of sp³-hybridized carbons (Fsp3) is 0.167. The molecule has 2 aromatic rings. The molecule has 1 aromatic heterocycles. The number of hydrogen-bond acceptors (Lipinski definition) is 3. The fourth-order valence-electron chi connectivity index (χ4n) is 1.48. The lowest BCUT2D eigenvalue weighted by molar-refractivity contribution is 0.0697. The highest BCUT2D eigenvalue weighted by molar-refractivity contribution is 5.87. The van der Waals surface area contributed by atoms with Crippen LogP contribution in [0.15, 0.2) is 36.7 Å². The SMILES string of the molecule is COc1cnn(Cc2ccc(C(=O)O)cc2)c1. The van der Waals surface area contributed by atoms with Crippen molar-refractivity contribution in [2.24, 2.45) is 0 Å². The summed E-state index contributed by atoms with van der Waals surface area (Å²) in [7, 11) is 1.59. The monoisotopic (exact) mass is 232 g/mol. The van der Waals surface area contributed by atoms with Crippen LogP contribution >= 0.6 is 0 Å². The lowest BCUT2D eigenvalue weighted by atomic mass is 10.1. The first-order chi connectivity index (χ1) is 8.19. The molecule has 1 N–H and O–H groups in total. The van der Waals surface area contributed by atoms with Crippen LogP contribution in [0.5, 0.6) is 5.75 Å². The van der Waals surface area contributed by atoms with E-state index in [-0.39, 0.29) is 5.56 Å². The highest BCUT2D eigenvalue weighted by Crippen LogP contribution is 2.10. The standard InChI is InChI=1S/C12H12N2O3/c1-17-11-6-13-14(8-11)7-9-2-4-10(5-3-9)12(15)16/h2-6,8H,7H2,1H3,(H,15,16). The Labute approximate surface area is 98.3 Å². The highest BCUT2D eigenvalue weighted by Gasteiger charge is 2.03. The predicted octanol–water partition coefficient (Wildman–Crippen LogP) is 1.64. The second-order valence-corrected chi connectivity index (χ2v) is 3.58. The number of aromatic carboxylic acids is 1. The van der Waals surface area contributed by atoms with Crippen molar-refractivity contribution in [3.63, 3.8) is 0 Å². The van der Waals surface area contributed by atoms with Crippen LogP contribution in [-0.2, 0) is 6.54 Å². The summed E-state index contributed by atoms with van der Waals surface area (Å²) in [5, 5.41) is 12.9. The number of aromatic nitrogens is 2. The van der Waals surface area contributed by atoms with Gasteiger partial charge in [-0.2, -0.15) is 5.10 Å². The molecule has 0 fully saturated rings. The number of carboxylic acids is 1. The van der Waals surface area contributed by atoms with Gasteiger partial charge in [0.15, 0.2) is 5.75 Å². The number of carbonyl (C=O) groups is 1. The maximum atomic E-state index is 10.7. The number of hydrogen-bond donors (Lipinski definition) is 1. The predicted molar refractivity (Wildman–Crippen MR) is 61.3 cm³/mol. The van der Waals surface area contributed by atoms with Crippen LogP contribution < -0.4 is 4.74 Å². The van der Waals surface area contributed by atoms with Gasteiger partial charge >= 0.3 is 5.97 Å². The summed E-state index contributed by atoms with van der Waals surface area (Å²) in [5.74, 6) is -0.218. The molecule has 0 aliphatic heterocycles. The zero-order chi connectivity index (χ0) is 12.3. The third kappa shape index (κ3) is 2.63. The number of ether oxygens (including phenoxy) is 1. The minimum absolute atomic E-state index is 0.284. The van der Waals surface area contributed by atoms with Gasteiger partial charge in [-0.15, -0.1) is 0 Å². The van der Waals surface area contributed by atoms with Crippen molar-refractivity contribution in [2.75, 3.05) is 7.11 Å². The van der Waals surface area contributed by atoms with E-state index in [4.69, 9.17) is 9.84 Å². The van der Waals surface area contributed by atoms with Crippen molar-refractivity contribution in [3.8, 4) is 5.75 Å². The number of rotatable bonds is 4. The minimum atomic E-state index is -0.919. The molecular formula is C12H12N2O3. The molecule has 5 heteroatoms. The summed E-state index contributed by atoms with van der Waals surface area (Å²) in [5.41, 5.74) is 1.27. The van der Waals surface area contributed by atoms with Crippen molar-refractivity contribution in [2.45, 2.75) is 6.54 Å². The molecule has 88 valence electrons. The number of methoxy groups -OCH3 is 1. The summed E-state index contributed by atoms with van der Waals surface area (Å²) >= 11 is 0. The Morgan fingerprint density at radius 2 is 2.12 bits per heavy atom. The van der Waals surface area contributed by atoms with Crippen molar-refractivity contribution in [1.82, 2.24) is 9.78 Å². The molecule has 5 nitrogen and oxygen atoms in total. The van der Waals surface area contributed by atoms with Crippen molar-refractivity contribution >= 4 is 5.97 Å². The second-order valence-electron chi connectivity index (χ2n) is 3.58. The molecule has 17 heavy (non-hydrogen) atoms. The van der Waals surface area contributed by atoms with Gasteiger partial charge in [-0.1, -0.05) is 12.1 Å². The molecule has 0 saturated heterocycles. The maximum Gasteiger partial charge on any atom is 0.335 e. The summed E-state index contributed by atoms with van der Waals surface area (Å²) in [6, 6.07) is 6.71.